The Hall–Kier alpha value is -2.60. The molecule has 0 aliphatic carbocycles. The summed E-state index contributed by atoms with van der Waals surface area (Å²) in [6, 6.07) is 5.07. The Kier molecular flexibility index (Phi) is 9.27. The number of terminal acetylenes is 1. The number of rotatable bonds is 3. The Bertz CT molecular complexity index is 1030. The highest BCUT2D eigenvalue weighted by Gasteiger charge is 2.53. The maximum Gasteiger partial charge on any atom is 0.309 e. The number of nitrogens with zero attached hydrogens (tertiary/aromatic N) is 1. The van der Waals surface area contributed by atoms with Gasteiger partial charge < -0.3 is 19.7 Å². The number of halogens is 1. The molecule has 0 aromatic carbocycles. The highest BCUT2D eigenvalue weighted by atomic mass is 19.1. The lowest BCUT2D eigenvalue weighted by molar-refractivity contribution is -0.155. The van der Waals surface area contributed by atoms with E-state index in [-0.39, 0.29) is 24.9 Å². The Morgan fingerprint density at radius 2 is 2.03 bits per heavy atom. The van der Waals surface area contributed by atoms with Gasteiger partial charge in [-0.2, -0.15) is 0 Å². The smallest absolute Gasteiger partial charge is 0.309 e. The number of ether oxygens (including phenoxy) is 2. The lowest BCUT2D eigenvalue weighted by atomic mass is 9.71. The Labute approximate surface area is 218 Å². The molecule has 1 aromatic rings. The molecule has 7 nitrogen and oxygen atoms in total. The minimum atomic E-state index is -1.42. The van der Waals surface area contributed by atoms with Crippen LogP contribution >= 0.6 is 0 Å². The molecule has 7 unspecified atom stereocenters. The Morgan fingerprint density at radius 1 is 1.30 bits per heavy atom. The van der Waals surface area contributed by atoms with Crippen molar-refractivity contribution in [2.24, 2.45) is 17.3 Å². The van der Waals surface area contributed by atoms with Crippen LogP contribution in [-0.2, 0) is 19.1 Å². The summed E-state index contributed by atoms with van der Waals surface area (Å²) < 4.78 is 26.7. The zero-order chi connectivity index (χ0) is 27.4. The van der Waals surface area contributed by atoms with Crippen molar-refractivity contribution in [1.29, 1.82) is 0 Å². The summed E-state index contributed by atoms with van der Waals surface area (Å²) in [7, 11) is 0. The van der Waals surface area contributed by atoms with Gasteiger partial charge in [0.15, 0.2) is 6.10 Å². The van der Waals surface area contributed by atoms with Gasteiger partial charge in [-0.25, -0.2) is 4.39 Å². The number of pyridine rings is 1. The number of ketones is 1. The van der Waals surface area contributed by atoms with Gasteiger partial charge in [-0.05, 0) is 43.9 Å². The number of hydrogen-bond acceptors (Lipinski definition) is 7. The highest BCUT2D eigenvalue weighted by Crippen LogP contribution is 2.45. The summed E-state index contributed by atoms with van der Waals surface area (Å²) in [5, 5.41) is 21.9. The first-order valence-corrected chi connectivity index (χ1v) is 12.9. The topological polar surface area (TPSA) is 109 Å². The molecule has 0 bridgehead atoms. The summed E-state index contributed by atoms with van der Waals surface area (Å²) in [4.78, 5) is 30.4. The van der Waals surface area contributed by atoms with Gasteiger partial charge in [-0.3, -0.25) is 14.6 Å². The second-order valence-corrected chi connectivity index (χ2v) is 11.1. The van der Waals surface area contributed by atoms with E-state index in [0.717, 1.165) is 0 Å². The molecule has 3 rings (SSSR count). The number of aromatic nitrogens is 1. The van der Waals surface area contributed by atoms with E-state index >= 15 is 4.39 Å². The van der Waals surface area contributed by atoms with Crippen molar-refractivity contribution < 1.29 is 33.7 Å². The summed E-state index contributed by atoms with van der Waals surface area (Å²) in [5.41, 5.74) is -1.52. The number of cyclic esters (lactones) is 1. The molecule has 2 aliphatic heterocycles. The lowest BCUT2D eigenvalue weighted by Crippen LogP contribution is -2.46. The van der Waals surface area contributed by atoms with Gasteiger partial charge >= 0.3 is 5.97 Å². The number of aliphatic hydroxyl groups is 2. The van der Waals surface area contributed by atoms with Crippen LogP contribution in [-0.4, -0.2) is 57.0 Å². The third-order valence-corrected chi connectivity index (χ3v) is 7.85. The minimum Gasteiger partial charge on any atom is -0.455 e. The molecule has 3 heterocycles. The molecule has 2 fully saturated rings. The maximum absolute atomic E-state index is 15.3. The van der Waals surface area contributed by atoms with Crippen molar-refractivity contribution in [3.05, 3.63) is 35.9 Å². The molecule has 202 valence electrons. The lowest BCUT2D eigenvalue weighted by Gasteiger charge is -2.35. The highest BCUT2D eigenvalue weighted by molar-refractivity contribution is 5.88. The Morgan fingerprint density at radius 3 is 2.68 bits per heavy atom. The van der Waals surface area contributed by atoms with Crippen LogP contribution in [0.4, 0.5) is 4.39 Å². The molecule has 7 atom stereocenters. The van der Waals surface area contributed by atoms with Gasteiger partial charge in [-0.15, -0.1) is 12.3 Å². The van der Waals surface area contributed by atoms with Gasteiger partial charge in [-0.1, -0.05) is 33.3 Å². The molecular formula is C29H38FNO6. The van der Waals surface area contributed by atoms with Crippen molar-refractivity contribution in [3.63, 3.8) is 0 Å². The van der Waals surface area contributed by atoms with Crippen molar-refractivity contribution in [2.45, 2.75) is 96.2 Å². The minimum absolute atomic E-state index is 0.0133. The molecule has 2 N–H and O–H groups in total. The van der Waals surface area contributed by atoms with Crippen LogP contribution < -0.4 is 0 Å². The van der Waals surface area contributed by atoms with Gasteiger partial charge in [0.1, 0.15) is 11.6 Å². The van der Waals surface area contributed by atoms with Crippen LogP contribution in [0.25, 0.3) is 6.08 Å². The fourth-order valence-electron chi connectivity index (χ4n) is 5.02. The number of carbonyl (C=O) groups excluding carboxylic acids is 2. The number of hydrogen-bond donors (Lipinski definition) is 2. The second-order valence-electron chi connectivity index (χ2n) is 11.1. The monoisotopic (exact) mass is 515 g/mol. The first-order chi connectivity index (χ1) is 17.4. The number of carbonyl (C=O) groups is 2. The fourth-order valence-corrected chi connectivity index (χ4v) is 5.02. The average molecular weight is 516 g/mol. The van der Waals surface area contributed by atoms with Gasteiger partial charge in [0.05, 0.1) is 47.4 Å². The first-order valence-electron chi connectivity index (χ1n) is 12.9. The molecule has 1 aromatic heterocycles. The first kappa shape index (κ1) is 29.0. The predicted molar refractivity (Wildman–Crippen MR) is 136 cm³/mol. The normalized spacial score (nSPS) is 35.7. The van der Waals surface area contributed by atoms with Crippen LogP contribution in [0.15, 0.2) is 30.2 Å². The van der Waals surface area contributed by atoms with E-state index in [1.165, 1.54) is 26.1 Å². The van der Waals surface area contributed by atoms with Gasteiger partial charge in [0.2, 0.25) is 0 Å². The van der Waals surface area contributed by atoms with E-state index in [1.54, 1.807) is 18.2 Å². The zero-order valence-corrected chi connectivity index (χ0v) is 22.0. The number of esters is 1. The molecule has 0 radical (unpaired) electrons. The number of aliphatic hydroxyl groups excluding tert-OH is 2. The third-order valence-electron chi connectivity index (χ3n) is 7.85. The number of fused-ring (bicyclic) bond motifs is 1. The van der Waals surface area contributed by atoms with Crippen molar-refractivity contribution in [2.75, 3.05) is 0 Å². The molecule has 0 saturated carbocycles. The number of Topliss-reactive ketones (excluding diaryl/α,β-unsaturated/α-hetero) is 1. The maximum atomic E-state index is 15.3. The van der Waals surface area contributed by atoms with Crippen LogP contribution in [0.1, 0.15) is 71.9 Å². The van der Waals surface area contributed by atoms with Crippen LogP contribution in [0, 0.1) is 29.6 Å². The second kappa shape index (κ2) is 11.8. The van der Waals surface area contributed by atoms with E-state index in [1.807, 2.05) is 13.8 Å². The van der Waals surface area contributed by atoms with Crippen molar-refractivity contribution in [3.8, 4) is 12.3 Å². The fraction of sp³-hybridized carbons (Fsp3) is 0.621. The summed E-state index contributed by atoms with van der Waals surface area (Å²) in [6.07, 6.45) is 5.90. The van der Waals surface area contributed by atoms with E-state index in [2.05, 4.69) is 10.9 Å². The molecule has 8 heteroatoms. The van der Waals surface area contributed by atoms with E-state index in [0.29, 0.717) is 25.0 Å². The molecule has 0 spiro atoms. The molecule has 2 saturated heterocycles. The largest absolute Gasteiger partial charge is 0.455 e. The van der Waals surface area contributed by atoms with Crippen molar-refractivity contribution >= 4 is 17.8 Å². The third kappa shape index (κ3) is 7.04. The average Bonchev–Trinajstić information content (AvgIpc) is 3.49. The summed E-state index contributed by atoms with van der Waals surface area (Å²) in [5.74, 6) is -0.596. The zero-order valence-electron chi connectivity index (χ0n) is 22.0. The molecule has 2 aliphatic rings. The number of epoxide rings is 1. The quantitative estimate of drug-likeness (QED) is 0.356. The van der Waals surface area contributed by atoms with Crippen LogP contribution in [0.3, 0.4) is 0 Å². The summed E-state index contributed by atoms with van der Waals surface area (Å²) >= 11 is 0. The van der Waals surface area contributed by atoms with E-state index in [4.69, 9.17) is 15.9 Å². The summed E-state index contributed by atoms with van der Waals surface area (Å²) in [6.45, 7) is 6.82. The predicted octanol–water partition coefficient (Wildman–Crippen LogP) is 4.02. The van der Waals surface area contributed by atoms with Crippen molar-refractivity contribution in [1.82, 2.24) is 4.98 Å². The SMILES string of the molecule is C#CCC1C(=O)C(C)(C)C(O)CC(=O)OC(C(F)=Cc2ccccn2)CC2OC2(C)CCCC(C)C1O. The van der Waals surface area contributed by atoms with Gasteiger partial charge in [0, 0.05) is 19.0 Å². The molecule has 37 heavy (non-hydrogen) atoms. The molecule has 0 amide bonds. The van der Waals surface area contributed by atoms with Crippen LogP contribution in [0.2, 0.25) is 0 Å². The van der Waals surface area contributed by atoms with E-state index in [9.17, 15) is 19.8 Å². The van der Waals surface area contributed by atoms with E-state index < -0.39 is 59.2 Å². The molecular weight excluding hydrogens is 477 g/mol. The standard InChI is InChI=1S/C29H38FNO6/c1-6-10-20-26(34)18(2)11-9-13-29(5)24(37-29)16-22(21(30)15-19-12-7-8-14-31-19)36-25(33)17-23(32)28(3,4)27(20)35/h1,7-8,12,14-15,18,20,22-24,26,32,34H,9-11,13,16-17H2,2-5H3. The van der Waals surface area contributed by atoms with Gasteiger partial charge in [0.25, 0.3) is 0 Å². The van der Waals surface area contributed by atoms with Crippen LogP contribution in [0.5, 0.6) is 0 Å². The Balaban J connectivity index is 1.89.